The van der Waals surface area contributed by atoms with Crippen molar-refractivity contribution in [1.29, 1.82) is 0 Å². The molecule has 0 saturated carbocycles. The molecule has 2 rings (SSSR count). The molecule has 1 aromatic heterocycles. The summed E-state index contributed by atoms with van der Waals surface area (Å²) in [5.74, 6) is 0.289. The van der Waals surface area contributed by atoms with Crippen molar-refractivity contribution in [3.63, 3.8) is 0 Å². The molecule has 16 heavy (non-hydrogen) atoms. The van der Waals surface area contributed by atoms with Gasteiger partial charge in [0.15, 0.2) is 11.6 Å². The third-order valence-electron chi connectivity index (χ3n) is 2.08. The smallest absolute Gasteiger partial charge is 0.165 e. The van der Waals surface area contributed by atoms with Gasteiger partial charge in [-0.05, 0) is 29.8 Å². The predicted molar refractivity (Wildman–Crippen MR) is 59.4 cm³/mol. The number of anilines is 1. The van der Waals surface area contributed by atoms with Gasteiger partial charge in [-0.15, -0.1) is 0 Å². The number of hydrogen-bond acceptors (Lipinski definition) is 3. The summed E-state index contributed by atoms with van der Waals surface area (Å²) in [4.78, 5) is 3.86. The summed E-state index contributed by atoms with van der Waals surface area (Å²) in [7, 11) is 0. The minimum absolute atomic E-state index is 0.234. The highest BCUT2D eigenvalue weighted by Crippen LogP contribution is 2.17. The number of nitrogen functional groups attached to an aromatic ring is 1. The number of nitrogens with zero attached hydrogens (tertiary/aromatic N) is 1. The third-order valence-corrected chi connectivity index (χ3v) is 2.08. The van der Waals surface area contributed by atoms with Crippen LogP contribution in [0.15, 0.2) is 42.6 Å². The number of hydrogen-bond donors (Lipinski definition) is 1. The lowest BCUT2D eigenvalue weighted by Crippen LogP contribution is -1.99. The van der Waals surface area contributed by atoms with Crippen LogP contribution < -0.4 is 10.5 Å². The summed E-state index contributed by atoms with van der Waals surface area (Å²) < 4.78 is 18.5. The SMILES string of the molecule is Nc1cc(COc2ccccc2F)ccn1. The molecule has 1 aromatic carbocycles. The molecule has 0 unspecified atom stereocenters. The number of para-hydroxylation sites is 1. The van der Waals surface area contributed by atoms with Gasteiger partial charge >= 0.3 is 0 Å². The normalized spacial score (nSPS) is 10.1. The summed E-state index contributed by atoms with van der Waals surface area (Å²) in [6.07, 6.45) is 1.59. The zero-order valence-electron chi connectivity index (χ0n) is 8.56. The predicted octanol–water partition coefficient (Wildman–Crippen LogP) is 2.38. The van der Waals surface area contributed by atoms with E-state index < -0.39 is 0 Å². The van der Waals surface area contributed by atoms with Crippen LogP contribution in [0.25, 0.3) is 0 Å². The Kier molecular flexibility index (Phi) is 3.00. The van der Waals surface area contributed by atoms with E-state index in [0.29, 0.717) is 5.82 Å². The third kappa shape index (κ3) is 2.48. The Hall–Kier alpha value is -2.10. The van der Waals surface area contributed by atoms with Gasteiger partial charge in [-0.1, -0.05) is 12.1 Å². The Morgan fingerprint density at radius 2 is 2.06 bits per heavy atom. The molecule has 0 saturated heterocycles. The minimum Gasteiger partial charge on any atom is -0.486 e. The van der Waals surface area contributed by atoms with E-state index in [2.05, 4.69) is 4.98 Å². The van der Waals surface area contributed by atoms with Gasteiger partial charge in [0.25, 0.3) is 0 Å². The summed E-state index contributed by atoms with van der Waals surface area (Å²) in [6.45, 7) is 0.271. The number of pyridine rings is 1. The van der Waals surface area contributed by atoms with E-state index in [-0.39, 0.29) is 18.2 Å². The molecule has 0 aliphatic rings. The summed E-state index contributed by atoms with van der Waals surface area (Å²) >= 11 is 0. The number of aromatic nitrogens is 1. The van der Waals surface area contributed by atoms with Gasteiger partial charge in [-0.25, -0.2) is 9.37 Å². The van der Waals surface area contributed by atoms with Crippen molar-refractivity contribution in [2.24, 2.45) is 0 Å². The maximum absolute atomic E-state index is 13.2. The molecule has 4 heteroatoms. The van der Waals surface area contributed by atoms with Gasteiger partial charge in [-0.3, -0.25) is 0 Å². The number of ether oxygens (including phenoxy) is 1. The lowest BCUT2D eigenvalue weighted by molar-refractivity contribution is 0.290. The van der Waals surface area contributed by atoms with Crippen LogP contribution in [0.3, 0.4) is 0 Å². The Morgan fingerprint density at radius 3 is 2.81 bits per heavy atom. The molecule has 0 aliphatic heterocycles. The Labute approximate surface area is 92.7 Å². The van der Waals surface area contributed by atoms with Crippen LogP contribution in [0, 0.1) is 5.82 Å². The second-order valence-corrected chi connectivity index (χ2v) is 3.31. The largest absolute Gasteiger partial charge is 0.486 e. The van der Waals surface area contributed by atoms with Crippen LogP contribution in [0.2, 0.25) is 0 Å². The van der Waals surface area contributed by atoms with Gasteiger partial charge in [0.2, 0.25) is 0 Å². The second kappa shape index (κ2) is 4.61. The first-order valence-corrected chi connectivity index (χ1v) is 4.83. The second-order valence-electron chi connectivity index (χ2n) is 3.31. The van der Waals surface area contributed by atoms with Crippen molar-refractivity contribution in [2.75, 3.05) is 5.73 Å². The van der Waals surface area contributed by atoms with Crippen LogP contribution in [0.1, 0.15) is 5.56 Å². The first-order valence-electron chi connectivity index (χ1n) is 4.83. The molecule has 0 aliphatic carbocycles. The van der Waals surface area contributed by atoms with Crippen molar-refractivity contribution in [1.82, 2.24) is 4.98 Å². The van der Waals surface area contributed by atoms with Gasteiger partial charge in [0.1, 0.15) is 12.4 Å². The topological polar surface area (TPSA) is 48.1 Å². The molecule has 0 fully saturated rings. The molecule has 3 nitrogen and oxygen atoms in total. The highest BCUT2D eigenvalue weighted by molar-refractivity contribution is 5.32. The molecule has 1 heterocycles. The van der Waals surface area contributed by atoms with Crippen LogP contribution in [-0.2, 0) is 6.61 Å². The number of rotatable bonds is 3. The van der Waals surface area contributed by atoms with E-state index in [1.54, 1.807) is 36.5 Å². The Morgan fingerprint density at radius 1 is 1.25 bits per heavy atom. The van der Waals surface area contributed by atoms with E-state index in [4.69, 9.17) is 10.5 Å². The molecule has 0 atom stereocenters. The van der Waals surface area contributed by atoms with Gasteiger partial charge < -0.3 is 10.5 Å². The van der Waals surface area contributed by atoms with E-state index in [0.717, 1.165) is 5.56 Å². The maximum atomic E-state index is 13.2. The fourth-order valence-corrected chi connectivity index (χ4v) is 1.31. The van der Waals surface area contributed by atoms with Crippen LogP contribution in [-0.4, -0.2) is 4.98 Å². The Bertz CT molecular complexity index is 488. The van der Waals surface area contributed by atoms with E-state index in [1.807, 2.05) is 0 Å². The Balaban J connectivity index is 2.05. The van der Waals surface area contributed by atoms with Crippen molar-refractivity contribution >= 4 is 5.82 Å². The van der Waals surface area contributed by atoms with E-state index in [9.17, 15) is 4.39 Å². The van der Waals surface area contributed by atoms with Gasteiger partial charge in [-0.2, -0.15) is 0 Å². The molecular formula is C12H11FN2O. The standard InChI is InChI=1S/C12H11FN2O/c13-10-3-1-2-4-11(10)16-8-9-5-6-15-12(14)7-9/h1-7H,8H2,(H2,14,15). The summed E-state index contributed by atoms with van der Waals surface area (Å²) in [5.41, 5.74) is 6.37. The van der Waals surface area contributed by atoms with Crippen LogP contribution >= 0.6 is 0 Å². The average molecular weight is 218 g/mol. The zero-order valence-corrected chi connectivity index (χ0v) is 8.56. The quantitative estimate of drug-likeness (QED) is 0.860. The maximum Gasteiger partial charge on any atom is 0.165 e. The first kappa shape index (κ1) is 10.4. The fraction of sp³-hybridized carbons (Fsp3) is 0.0833. The summed E-state index contributed by atoms with van der Waals surface area (Å²) in [5, 5.41) is 0. The fourth-order valence-electron chi connectivity index (χ4n) is 1.31. The molecular weight excluding hydrogens is 207 g/mol. The molecule has 0 amide bonds. The highest BCUT2D eigenvalue weighted by Gasteiger charge is 2.01. The molecule has 0 spiro atoms. The van der Waals surface area contributed by atoms with Crippen molar-refractivity contribution in [3.8, 4) is 5.75 Å². The molecule has 0 bridgehead atoms. The average Bonchev–Trinajstić information content (AvgIpc) is 2.28. The van der Waals surface area contributed by atoms with Gasteiger partial charge in [0.05, 0.1) is 0 Å². The first-order chi connectivity index (χ1) is 7.75. The van der Waals surface area contributed by atoms with Crippen molar-refractivity contribution in [2.45, 2.75) is 6.61 Å². The molecule has 2 N–H and O–H groups in total. The zero-order chi connectivity index (χ0) is 11.4. The lowest BCUT2D eigenvalue weighted by atomic mass is 10.3. The lowest BCUT2D eigenvalue weighted by Gasteiger charge is -2.07. The number of halogens is 1. The molecule has 82 valence electrons. The van der Waals surface area contributed by atoms with Crippen LogP contribution in [0.4, 0.5) is 10.2 Å². The van der Waals surface area contributed by atoms with Gasteiger partial charge in [0, 0.05) is 6.20 Å². The van der Waals surface area contributed by atoms with Crippen molar-refractivity contribution in [3.05, 3.63) is 54.0 Å². The molecule has 0 radical (unpaired) electrons. The number of nitrogens with two attached hydrogens (primary N) is 1. The summed E-state index contributed by atoms with van der Waals surface area (Å²) in [6, 6.07) is 9.75. The van der Waals surface area contributed by atoms with Crippen LogP contribution in [0.5, 0.6) is 5.75 Å². The van der Waals surface area contributed by atoms with E-state index in [1.165, 1.54) is 6.07 Å². The monoisotopic (exact) mass is 218 g/mol. The molecule has 2 aromatic rings. The number of benzene rings is 1. The highest BCUT2D eigenvalue weighted by atomic mass is 19.1. The minimum atomic E-state index is -0.371. The van der Waals surface area contributed by atoms with E-state index >= 15 is 0 Å². The van der Waals surface area contributed by atoms with Crippen molar-refractivity contribution < 1.29 is 9.13 Å².